The summed E-state index contributed by atoms with van der Waals surface area (Å²) in [4.78, 5) is 18.2. The third-order valence-electron chi connectivity index (χ3n) is 3.60. The zero-order chi connectivity index (χ0) is 11.1. The first-order valence-corrected chi connectivity index (χ1v) is 5.72. The van der Waals surface area contributed by atoms with Crippen molar-refractivity contribution in [3.63, 3.8) is 0 Å². The average Bonchev–Trinajstić information content (AvgIpc) is 2.89. The molecule has 16 heavy (non-hydrogen) atoms. The predicted octanol–water partition coefficient (Wildman–Crippen LogP) is -0.288. The largest absolute Gasteiger partial charge is 0.340 e. The Hall–Kier alpha value is -1.36. The fourth-order valence-corrected chi connectivity index (χ4v) is 2.71. The highest BCUT2D eigenvalue weighted by Gasteiger charge is 2.38. The maximum atomic E-state index is 12.1. The van der Waals surface area contributed by atoms with Crippen molar-refractivity contribution in [2.75, 3.05) is 26.2 Å². The molecule has 2 aliphatic heterocycles. The van der Waals surface area contributed by atoms with Crippen molar-refractivity contribution in [3.05, 3.63) is 18.2 Å². The van der Waals surface area contributed by atoms with Crippen LogP contribution < -0.4 is 5.32 Å². The molecule has 0 unspecified atom stereocenters. The van der Waals surface area contributed by atoms with E-state index in [4.69, 9.17) is 0 Å². The second-order valence-corrected chi connectivity index (χ2v) is 4.81. The van der Waals surface area contributed by atoms with Gasteiger partial charge in [-0.15, -0.1) is 0 Å². The summed E-state index contributed by atoms with van der Waals surface area (Å²) in [6.45, 7) is 3.87. The number of likely N-dealkylation sites (tertiary alicyclic amines) is 1. The number of hydrogen-bond acceptors (Lipinski definition) is 3. The molecule has 86 valence electrons. The lowest BCUT2D eigenvalue weighted by molar-refractivity contribution is 0.0776. The highest BCUT2D eigenvalue weighted by atomic mass is 16.2. The van der Waals surface area contributed by atoms with Crippen LogP contribution in [-0.4, -0.2) is 46.5 Å². The highest BCUT2D eigenvalue weighted by molar-refractivity contribution is 5.92. The van der Waals surface area contributed by atoms with Crippen LogP contribution in [0.5, 0.6) is 0 Å². The number of carbonyl (C=O) groups is 1. The van der Waals surface area contributed by atoms with Gasteiger partial charge in [-0.2, -0.15) is 0 Å². The summed E-state index contributed by atoms with van der Waals surface area (Å²) in [6.07, 6.45) is 3.46. The van der Waals surface area contributed by atoms with Gasteiger partial charge in [0, 0.05) is 39.4 Å². The van der Waals surface area contributed by atoms with E-state index >= 15 is 0 Å². The Morgan fingerprint density at radius 3 is 2.69 bits per heavy atom. The van der Waals surface area contributed by atoms with E-state index in [1.807, 2.05) is 16.5 Å². The van der Waals surface area contributed by atoms with E-state index in [-0.39, 0.29) is 5.91 Å². The number of imidazole rings is 1. The number of nitrogens with zero attached hydrogens (tertiary/aromatic N) is 3. The molecule has 5 heteroatoms. The van der Waals surface area contributed by atoms with Gasteiger partial charge >= 0.3 is 0 Å². The van der Waals surface area contributed by atoms with E-state index in [2.05, 4.69) is 10.3 Å². The number of carbonyl (C=O) groups excluding carboxylic acids is 1. The molecule has 1 amide bonds. The topological polar surface area (TPSA) is 50.2 Å². The minimum atomic E-state index is 0.0787. The molecule has 0 radical (unpaired) electrons. The Labute approximate surface area is 94.4 Å². The van der Waals surface area contributed by atoms with Gasteiger partial charge in [0.15, 0.2) is 0 Å². The number of aromatic nitrogens is 2. The summed E-state index contributed by atoms with van der Waals surface area (Å²) in [5.74, 6) is 1.37. The molecule has 0 saturated carbocycles. The number of fused-ring (bicyclic) bond motifs is 1. The van der Waals surface area contributed by atoms with Gasteiger partial charge < -0.3 is 14.8 Å². The molecule has 2 aliphatic rings. The van der Waals surface area contributed by atoms with E-state index in [0.717, 1.165) is 26.2 Å². The lowest BCUT2D eigenvalue weighted by Gasteiger charge is -2.15. The smallest absolute Gasteiger partial charge is 0.274 e. The molecular weight excluding hydrogens is 204 g/mol. The van der Waals surface area contributed by atoms with Crippen LogP contribution in [0.1, 0.15) is 10.5 Å². The van der Waals surface area contributed by atoms with Crippen molar-refractivity contribution < 1.29 is 4.79 Å². The van der Waals surface area contributed by atoms with Gasteiger partial charge in [0.1, 0.15) is 5.69 Å². The van der Waals surface area contributed by atoms with Crippen molar-refractivity contribution in [1.29, 1.82) is 0 Å². The second-order valence-electron chi connectivity index (χ2n) is 4.81. The third kappa shape index (κ3) is 1.51. The quantitative estimate of drug-likeness (QED) is 0.707. The van der Waals surface area contributed by atoms with E-state index in [0.29, 0.717) is 17.5 Å². The van der Waals surface area contributed by atoms with Gasteiger partial charge in [-0.3, -0.25) is 4.79 Å². The molecule has 1 N–H and O–H groups in total. The van der Waals surface area contributed by atoms with Crippen LogP contribution in [0.2, 0.25) is 0 Å². The summed E-state index contributed by atoms with van der Waals surface area (Å²) in [5.41, 5.74) is 0.565. The van der Waals surface area contributed by atoms with Crippen molar-refractivity contribution in [2.45, 2.75) is 0 Å². The van der Waals surface area contributed by atoms with Crippen LogP contribution in [0.25, 0.3) is 0 Å². The molecule has 1 aromatic heterocycles. The van der Waals surface area contributed by atoms with Crippen molar-refractivity contribution in [2.24, 2.45) is 18.9 Å². The van der Waals surface area contributed by atoms with Crippen LogP contribution in [0.15, 0.2) is 12.5 Å². The lowest BCUT2D eigenvalue weighted by Crippen LogP contribution is -2.32. The first-order valence-electron chi connectivity index (χ1n) is 5.72. The SMILES string of the molecule is Cn1cnc(C(=O)N2C[C@H]3CNC[C@H]3C2)c1. The molecule has 0 spiro atoms. The molecular formula is C11H16N4O. The molecule has 3 rings (SSSR count). The standard InChI is InChI=1S/C11H16N4O/c1-14-6-10(13-7-14)11(16)15-4-8-2-12-3-9(8)5-15/h6-9,12H,2-5H2,1H3/t8-,9+. The Morgan fingerprint density at radius 2 is 2.12 bits per heavy atom. The van der Waals surface area contributed by atoms with Gasteiger partial charge in [-0.05, 0) is 11.8 Å². The van der Waals surface area contributed by atoms with Crippen LogP contribution in [0.4, 0.5) is 0 Å². The maximum absolute atomic E-state index is 12.1. The van der Waals surface area contributed by atoms with Gasteiger partial charge in [0.05, 0.1) is 6.33 Å². The monoisotopic (exact) mass is 220 g/mol. The summed E-state index contributed by atoms with van der Waals surface area (Å²) >= 11 is 0. The number of nitrogens with one attached hydrogen (secondary N) is 1. The van der Waals surface area contributed by atoms with Gasteiger partial charge in [0.2, 0.25) is 0 Å². The van der Waals surface area contributed by atoms with E-state index in [1.165, 1.54) is 0 Å². The summed E-state index contributed by atoms with van der Waals surface area (Å²) in [6, 6.07) is 0. The van der Waals surface area contributed by atoms with Gasteiger partial charge in [-0.1, -0.05) is 0 Å². The first kappa shape index (κ1) is 9.84. The summed E-state index contributed by atoms with van der Waals surface area (Å²) in [5, 5.41) is 3.37. The van der Waals surface area contributed by atoms with E-state index in [1.54, 1.807) is 12.5 Å². The number of rotatable bonds is 1. The zero-order valence-electron chi connectivity index (χ0n) is 9.39. The number of hydrogen-bond donors (Lipinski definition) is 1. The van der Waals surface area contributed by atoms with Gasteiger partial charge in [-0.25, -0.2) is 4.98 Å². The Bertz CT molecular complexity index is 402. The van der Waals surface area contributed by atoms with Crippen LogP contribution >= 0.6 is 0 Å². The van der Waals surface area contributed by atoms with E-state index < -0.39 is 0 Å². The van der Waals surface area contributed by atoms with Crippen LogP contribution in [0.3, 0.4) is 0 Å². The Morgan fingerprint density at radius 1 is 1.44 bits per heavy atom. The Balaban J connectivity index is 1.73. The Kier molecular flexibility index (Phi) is 2.21. The zero-order valence-corrected chi connectivity index (χ0v) is 9.39. The average molecular weight is 220 g/mol. The maximum Gasteiger partial charge on any atom is 0.274 e. The lowest BCUT2D eigenvalue weighted by atomic mass is 10.0. The third-order valence-corrected chi connectivity index (χ3v) is 3.60. The minimum absolute atomic E-state index is 0.0787. The molecule has 5 nitrogen and oxygen atoms in total. The molecule has 3 heterocycles. The second kappa shape index (κ2) is 3.59. The van der Waals surface area contributed by atoms with Crippen molar-refractivity contribution in [3.8, 4) is 0 Å². The molecule has 2 atom stereocenters. The molecule has 0 bridgehead atoms. The molecule has 1 aromatic rings. The first-order chi connectivity index (χ1) is 7.74. The molecule has 2 fully saturated rings. The molecule has 0 aliphatic carbocycles. The van der Waals surface area contributed by atoms with Crippen LogP contribution in [0, 0.1) is 11.8 Å². The fourth-order valence-electron chi connectivity index (χ4n) is 2.71. The fraction of sp³-hybridized carbons (Fsp3) is 0.636. The van der Waals surface area contributed by atoms with Crippen LogP contribution in [-0.2, 0) is 7.05 Å². The minimum Gasteiger partial charge on any atom is -0.340 e. The molecule has 2 saturated heterocycles. The normalized spacial score (nSPS) is 28.4. The highest BCUT2D eigenvalue weighted by Crippen LogP contribution is 2.27. The summed E-state index contributed by atoms with van der Waals surface area (Å²) in [7, 11) is 1.88. The number of amides is 1. The predicted molar refractivity (Wildman–Crippen MR) is 59.0 cm³/mol. The van der Waals surface area contributed by atoms with E-state index in [9.17, 15) is 4.79 Å². The van der Waals surface area contributed by atoms with Gasteiger partial charge in [0.25, 0.3) is 5.91 Å². The number of aryl methyl sites for hydroxylation is 1. The van der Waals surface area contributed by atoms with Crippen molar-refractivity contribution >= 4 is 5.91 Å². The molecule has 0 aromatic carbocycles. The summed E-state index contributed by atoms with van der Waals surface area (Å²) < 4.78 is 1.81. The van der Waals surface area contributed by atoms with Crippen molar-refractivity contribution in [1.82, 2.24) is 19.8 Å².